The van der Waals surface area contributed by atoms with Gasteiger partial charge in [0.25, 0.3) is 0 Å². The Morgan fingerprint density at radius 1 is 1.38 bits per heavy atom. The Labute approximate surface area is 131 Å². The second kappa shape index (κ2) is 6.68. The Morgan fingerprint density at radius 2 is 2.00 bits per heavy atom. The Bertz CT molecular complexity index is 552. The second-order valence-electron chi connectivity index (χ2n) is 7.02. The summed E-state index contributed by atoms with van der Waals surface area (Å²) in [6.45, 7) is 19.2. The molecule has 1 heterocycles. The van der Waals surface area contributed by atoms with E-state index in [4.69, 9.17) is 4.43 Å². The van der Waals surface area contributed by atoms with Crippen LogP contribution in [0.1, 0.15) is 39.1 Å². The van der Waals surface area contributed by atoms with Gasteiger partial charge in [0.2, 0.25) is 0 Å². The lowest BCUT2D eigenvalue weighted by atomic mass is 10.2. The number of rotatable bonds is 5. The van der Waals surface area contributed by atoms with E-state index in [0.29, 0.717) is 0 Å². The average molecular weight is 304 g/mol. The third-order valence-corrected chi connectivity index (χ3v) is 8.81. The maximum Gasteiger partial charge on any atom is 0.192 e. The fraction of sp³-hybridized carbons (Fsp3) is 0.556. The van der Waals surface area contributed by atoms with Gasteiger partial charge >= 0.3 is 0 Å². The predicted molar refractivity (Wildman–Crippen MR) is 94.0 cm³/mol. The Kier molecular flexibility index (Phi) is 5.66. The van der Waals surface area contributed by atoms with Crippen molar-refractivity contribution in [1.82, 2.24) is 4.57 Å². The van der Waals surface area contributed by atoms with Crippen molar-refractivity contribution in [3.8, 4) is 12.0 Å². The van der Waals surface area contributed by atoms with Crippen LogP contribution >= 0.6 is 0 Å². The number of nitrogens with zero attached hydrogens (tertiary/aromatic N) is 1. The SMILES string of the molecule is C=CC(Cc1ccc(C)n1C#CC)O[Si](C)(C)C(C)(C)C. The molecule has 1 aromatic rings. The summed E-state index contributed by atoms with van der Waals surface area (Å²) in [7, 11) is -1.79. The van der Waals surface area contributed by atoms with Gasteiger partial charge in [-0.1, -0.05) is 32.8 Å². The minimum absolute atomic E-state index is 0.0394. The first-order valence-electron chi connectivity index (χ1n) is 7.52. The molecule has 0 aromatic carbocycles. The molecule has 1 rings (SSSR count). The molecule has 0 radical (unpaired) electrons. The highest BCUT2D eigenvalue weighted by Gasteiger charge is 2.38. The van der Waals surface area contributed by atoms with E-state index in [1.807, 2.05) is 17.6 Å². The molecule has 21 heavy (non-hydrogen) atoms. The summed E-state index contributed by atoms with van der Waals surface area (Å²) in [6.07, 6.45) is 2.78. The van der Waals surface area contributed by atoms with Gasteiger partial charge < -0.3 is 4.43 Å². The largest absolute Gasteiger partial charge is 0.410 e. The molecule has 1 unspecified atom stereocenters. The molecule has 1 aromatic heterocycles. The average Bonchev–Trinajstić information content (AvgIpc) is 2.69. The highest BCUT2D eigenvalue weighted by molar-refractivity contribution is 6.74. The minimum atomic E-state index is -1.79. The number of hydrogen-bond donors (Lipinski definition) is 0. The first-order valence-corrected chi connectivity index (χ1v) is 10.4. The van der Waals surface area contributed by atoms with Crippen molar-refractivity contribution in [1.29, 1.82) is 0 Å². The van der Waals surface area contributed by atoms with Crippen LogP contribution in [0.25, 0.3) is 0 Å². The van der Waals surface area contributed by atoms with Crippen molar-refractivity contribution in [2.45, 2.75) is 65.3 Å². The van der Waals surface area contributed by atoms with Crippen molar-refractivity contribution >= 4 is 8.32 Å². The summed E-state index contributed by atoms with van der Waals surface area (Å²) in [5.74, 6) is 2.97. The fourth-order valence-corrected chi connectivity index (χ4v) is 3.25. The Morgan fingerprint density at radius 3 is 2.48 bits per heavy atom. The van der Waals surface area contributed by atoms with Gasteiger partial charge in [0.05, 0.1) is 6.10 Å². The quantitative estimate of drug-likeness (QED) is 0.435. The standard InChI is InChI=1S/C18H29NOSi/c1-9-13-19-15(3)11-12-16(19)14-17(10-2)20-21(7,8)18(4,5)6/h10-12,17H,2,14H2,1,3-8H3. The molecule has 0 aliphatic rings. The maximum absolute atomic E-state index is 6.46. The van der Waals surface area contributed by atoms with Gasteiger partial charge in [0, 0.05) is 23.9 Å². The van der Waals surface area contributed by atoms with E-state index in [-0.39, 0.29) is 11.1 Å². The van der Waals surface area contributed by atoms with Crippen LogP contribution in [0.2, 0.25) is 18.1 Å². The molecule has 0 amide bonds. The topological polar surface area (TPSA) is 14.2 Å². The Balaban J connectivity index is 2.94. The van der Waals surface area contributed by atoms with Crippen molar-refractivity contribution < 1.29 is 4.43 Å². The molecule has 116 valence electrons. The van der Waals surface area contributed by atoms with Gasteiger partial charge in [-0.05, 0) is 44.1 Å². The second-order valence-corrected chi connectivity index (χ2v) is 11.8. The number of aromatic nitrogens is 1. The van der Waals surface area contributed by atoms with E-state index in [9.17, 15) is 0 Å². The van der Waals surface area contributed by atoms with Crippen molar-refractivity contribution in [3.63, 3.8) is 0 Å². The van der Waals surface area contributed by atoms with Crippen LogP contribution in [0.3, 0.4) is 0 Å². The maximum atomic E-state index is 6.46. The van der Waals surface area contributed by atoms with Gasteiger partial charge in [0.15, 0.2) is 8.32 Å². The minimum Gasteiger partial charge on any atom is -0.410 e. The predicted octanol–water partition coefficient (Wildman–Crippen LogP) is 4.74. The van der Waals surface area contributed by atoms with Crippen LogP contribution in [0.5, 0.6) is 0 Å². The van der Waals surface area contributed by atoms with E-state index in [0.717, 1.165) is 12.1 Å². The molecule has 0 N–H and O–H groups in total. The van der Waals surface area contributed by atoms with E-state index < -0.39 is 8.32 Å². The van der Waals surface area contributed by atoms with Crippen LogP contribution in [-0.4, -0.2) is 19.0 Å². The molecular weight excluding hydrogens is 274 g/mol. The molecule has 0 bridgehead atoms. The lowest BCUT2D eigenvalue weighted by Crippen LogP contribution is -2.44. The summed E-state index contributed by atoms with van der Waals surface area (Å²) < 4.78 is 8.50. The summed E-state index contributed by atoms with van der Waals surface area (Å²) >= 11 is 0. The molecule has 3 heteroatoms. The third-order valence-electron chi connectivity index (χ3n) is 4.31. The van der Waals surface area contributed by atoms with E-state index in [1.165, 1.54) is 5.69 Å². The van der Waals surface area contributed by atoms with Crippen molar-refractivity contribution in [2.24, 2.45) is 0 Å². The fourth-order valence-electron chi connectivity index (χ4n) is 1.96. The molecular formula is C18H29NOSi. The molecule has 1 atom stereocenters. The van der Waals surface area contributed by atoms with Crippen LogP contribution < -0.4 is 0 Å². The van der Waals surface area contributed by atoms with Gasteiger partial charge in [-0.15, -0.1) is 6.58 Å². The lowest BCUT2D eigenvalue weighted by molar-refractivity contribution is 0.224. The zero-order valence-corrected chi connectivity index (χ0v) is 15.6. The van der Waals surface area contributed by atoms with Gasteiger partial charge in [-0.25, -0.2) is 0 Å². The zero-order chi connectivity index (χ0) is 16.3. The van der Waals surface area contributed by atoms with Gasteiger partial charge in [0.1, 0.15) is 0 Å². The van der Waals surface area contributed by atoms with Crippen LogP contribution in [0.15, 0.2) is 24.8 Å². The van der Waals surface area contributed by atoms with Crippen molar-refractivity contribution in [2.75, 3.05) is 0 Å². The highest BCUT2D eigenvalue weighted by atomic mass is 28.4. The van der Waals surface area contributed by atoms with E-state index in [1.54, 1.807) is 0 Å². The smallest absolute Gasteiger partial charge is 0.192 e. The van der Waals surface area contributed by atoms with Crippen LogP contribution in [0, 0.1) is 18.9 Å². The highest BCUT2D eigenvalue weighted by Crippen LogP contribution is 2.37. The lowest BCUT2D eigenvalue weighted by Gasteiger charge is -2.38. The van der Waals surface area contributed by atoms with Crippen LogP contribution in [-0.2, 0) is 10.8 Å². The van der Waals surface area contributed by atoms with E-state index >= 15 is 0 Å². The zero-order valence-electron chi connectivity index (χ0n) is 14.6. The first kappa shape index (κ1) is 17.8. The third kappa shape index (κ3) is 4.36. The summed E-state index contributed by atoms with van der Waals surface area (Å²) in [6, 6.07) is 7.37. The number of hydrogen-bond acceptors (Lipinski definition) is 1. The molecule has 0 fully saturated rings. The summed E-state index contributed by atoms with van der Waals surface area (Å²) in [5, 5.41) is 0.204. The first-order chi connectivity index (χ1) is 9.62. The monoisotopic (exact) mass is 303 g/mol. The number of aryl methyl sites for hydroxylation is 1. The Hall–Kier alpha value is -1.24. The molecule has 0 saturated heterocycles. The molecule has 0 aliphatic heterocycles. The normalized spacial score (nSPS) is 13.5. The van der Waals surface area contributed by atoms with Gasteiger partial charge in [-0.2, -0.15) is 0 Å². The molecule has 0 saturated carbocycles. The molecule has 2 nitrogen and oxygen atoms in total. The van der Waals surface area contributed by atoms with Crippen LogP contribution in [0.4, 0.5) is 0 Å². The molecule has 0 spiro atoms. The summed E-state index contributed by atoms with van der Waals surface area (Å²) in [5.41, 5.74) is 2.35. The van der Waals surface area contributed by atoms with E-state index in [2.05, 4.69) is 71.5 Å². The van der Waals surface area contributed by atoms with Crippen molar-refractivity contribution in [3.05, 3.63) is 36.2 Å². The van der Waals surface area contributed by atoms with Gasteiger partial charge in [-0.3, -0.25) is 4.57 Å². The summed E-state index contributed by atoms with van der Waals surface area (Å²) in [4.78, 5) is 0. The molecule has 0 aliphatic carbocycles.